The van der Waals surface area contributed by atoms with E-state index >= 15 is 0 Å². The number of thioether (sulfide) groups is 1. The molecule has 0 aliphatic carbocycles. The molecule has 0 unspecified atom stereocenters. The van der Waals surface area contributed by atoms with Crippen LogP contribution in [0.3, 0.4) is 0 Å². The third-order valence-corrected chi connectivity index (χ3v) is 5.71. The Morgan fingerprint density at radius 2 is 1.82 bits per heavy atom. The lowest BCUT2D eigenvalue weighted by Gasteiger charge is -2.07. The van der Waals surface area contributed by atoms with Crippen LogP contribution in [0.5, 0.6) is 0 Å². The summed E-state index contributed by atoms with van der Waals surface area (Å²) < 4.78 is 20.3. The summed E-state index contributed by atoms with van der Waals surface area (Å²) in [6.07, 6.45) is 0.392. The maximum Gasteiger partial charge on any atom is 0.338 e. The number of aromatic nitrogens is 3. The van der Waals surface area contributed by atoms with E-state index in [-0.39, 0.29) is 23.8 Å². The molecule has 0 atom stereocenters. The van der Waals surface area contributed by atoms with Crippen LogP contribution in [-0.2, 0) is 23.0 Å². The Morgan fingerprint density at radius 1 is 1.09 bits per heavy atom. The van der Waals surface area contributed by atoms with Crippen LogP contribution < -0.4 is 10.6 Å². The van der Waals surface area contributed by atoms with Gasteiger partial charge in [-0.25, -0.2) is 9.18 Å². The minimum Gasteiger partial charge on any atom is -0.462 e. The van der Waals surface area contributed by atoms with Crippen LogP contribution in [-0.4, -0.2) is 51.5 Å². The molecular formula is C23H24FN5O4S. The minimum atomic E-state index is -0.578. The van der Waals surface area contributed by atoms with Gasteiger partial charge in [0.15, 0.2) is 5.16 Å². The molecule has 1 heterocycles. The topological polar surface area (TPSA) is 115 Å². The van der Waals surface area contributed by atoms with Crippen LogP contribution >= 0.6 is 11.8 Å². The number of halogens is 1. The summed E-state index contributed by atoms with van der Waals surface area (Å²) in [5, 5.41) is 14.1. The van der Waals surface area contributed by atoms with E-state index in [1.54, 1.807) is 48.9 Å². The van der Waals surface area contributed by atoms with Gasteiger partial charge in [-0.3, -0.25) is 9.59 Å². The fraction of sp³-hybridized carbons (Fsp3) is 0.261. The van der Waals surface area contributed by atoms with Gasteiger partial charge in [-0.1, -0.05) is 23.9 Å². The zero-order valence-corrected chi connectivity index (χ0v) is 19.5. The number of amides is 2. The first-order chi connectivity index (χ1) is 16.4. The summed E-state index contributed by atoms with van der Waals surface area (Å²) >= 11 is 1.21. The maximum absolute atomic E-state index is 13.7. The third kappa shape index (κ3) is 6.64. The molecule has 3 rings (SSSR count). The number of esters is 1. The van der Waals surface area contributed by atoms with Crippen molar-refractivity contribution in [2.75, 3.05) is 24.2 Å². The van der Waals surface area contributed by atoms with Gasteiger partial charge in [0.25, 0.3) is 5.91 Å². The number of nitrogens with one attached hydrogen (secondary N) is 2. The summed E-state index contributed by atoms with van der Waals surface area (Å²) in [6.45, 7) is 2.28. The first kappa shape index (κ1) is 24.9. The second kappa shape index (κ2) is 11.9. The van der Waals surface area contributed by atoms with Crippen LogP contribution in [0.25, 0.3) is 0 Å². The molecule has 1 aromatic heterocycles. The van der Waals surface area contributed by atoms with Gasteiger partial charge in [-0.05, 0) is 43.3 Å². The molecule has 2 aromatic carbocycles. The SMILES string of the molecule is CCOC(=O)c1ccc(NC(=O)CSc2nnc(CCNC(=O)c3ccccc3F)n2C)cc1. The molecule has 0 aliphatic rings. The van der Waals surface area contributed by atoms with Crippen molar-refractivity contribution in [3.05, 3.63) is 71.3 Å². The minimum absolute atomic E-state index is 0.0155. The molecule has 3 aromatic rings. The lowest BCUT2D eigenvalue weighted by Crippen LogP contribution is -2.27. The predicted octanol–water partition coefficient (Wildman–Crippen LogP) is 2.83. The van der Waals surface area contributed by atoms with Gasteiger partial charge in [0.1, 0.15) is 11.6 Å². The number of rotatable bonds is 10. The molecule has 11 heteroatoms. The number of carbonyl (C=O) groups is 3. The smallest absolute Gasteiger partial charge is 0.338 e. The van der Waals surface area contributed by atoms with Gasteiger partial charge in [0, 0.05) is 25.7 Å². The van der Waals surface area contributed by atoms with Crippen LogP contribution in [0, 0.1) is 5.82 Å². The molecule has 0 spiro atoms. The number of hydrogen-bond acceptors (Lipinski definition) is 7. The van der Waals surface area contributed by atoms with Crippen molar-refractivity contribution >= 4 is 35.2 Å². The standard InChI is InChI=1S/C23H24FN5O4S/c1-3-33-22(32)15-8-10-16(11-9-15)26-20(30)14-34-23-28-27-19(29(23)2)12-13-25-21(31)17-6-4-5-7-18(17)24/h4-11H,3,12-14H2,1-2H3,(H,25,31)(H,26,30). The molecule has 0 bridgehead atoms. The predicted molar refractivity (Wildman–Crippen MR) is 125 cm³/mol. The molecule has 0 saturated carbocycles. The highest BCUT2D eigenvalue weighted by Crippen LogP contribution is 2.17. The van der Waals surface area contributed by atoms with E-state index in [0.717, 1.165) is 0 Å². The first-order valence-corrected chi connectivity index (χ1v) is 11.5. The van der Waals surface area contributed by atoms with Crippen molar-refractivity contribution in [3.63, 3.8) is 0 Å². The van der Waals surface area contributed by atoms with E-state index in [9.17, 15) is 18.8 Å². The van der Waals surface area contributed by atoms with Crippen molar-refractivity contribution in [1.82, 2.24) is 20.1 Å². The van der Waals surface area contributed by atoms with Gasteiger partial charge in [0.05, 0.1) is 23.5 Å². The van der Waals surface area contributed by atoms with Crippen LogP contribution in [0.2, 0.25) is 0 Å². The highest BCUT2D eigenvalue weighted by atomic mass is 32.2. The summed E-state index contributed by atoms with van der Waals surface area (Å²) in [7, 11) is 1.77. The van der Waals surface area contributed by atoms with E-state index in [2.05, 4.69) is 20.8 Å². The number of carbonyl (C=O) groups excluding carboxylic acids is 3. The number of ether oxygens (including phenoxy) is 1. The third-order valence-electron chi connectivity index (χ3n) is 4.69. The van der Waals surface area contributed by atoms with Crippen LogP contribution in [0.1, 0.15) is 33.5 Å². The van der Waals surface area contributed by atoms with Crippen LogP contribution in [0.15, 0.2) is 53.7 Å². The molecule has 34 heavy (non-hydrogen) atoms. The molecule has 2 N–H and O–H groups in total. The molecule has 0 radical (unpaired) electrons. The maximum atomic E-state index is 13.7. The van der Waals surface area contributed by atoms with Crippen molar-refractivity contribution < 1.29 is 23.5 Å². The van der Waals surface area contributed by atoms with Gasteiger partial charge in [-0.2, -0.15) is 0 Å². The first-order valence-electron chi connectivity index (χ1n) is 10.5. The Kier molecular flexibility index (Phi) is 8.74. The summed E-state index contributed by atoms with van der Waals surface area (Å²) in [6, 6.07) is 12.2. The fourth-order valence-corrected chi connectivity index (χ4v) is 3.68. The fourth-order valence-electron chi connectivity index (χ4n) is 2.95. The molecule has 9 nitrogen and oxygen atoms in total. The Balaban J connectivity index is 1.45. The highest BCUT2D eigenvalue weighted by molar-refractivity contribution is 7.99. The second-order valence-electron chi connectivity index (χ2n) is 7.08. The normalized spacial score (nSPS) is 10.6. The van der Waals surface area contributed by atoms with Crippen molar-refractivity contribution in [2.45, 2.75) is 18.5 Å². The average molecular weight is 486 g/mol. The van der Waals surface area contributed by atoms with E-state index in [1.165, 1.54) is 30.0 Å². The summed E-state index contributed by atoms with van der Waals surface area (Å²) in [5.41, 5.74) is 0.951. The van der Waals surface area contributed by atoms with E-state index in [0.29, 0.717) is 35.3 Å². The number of hydrogen-bond donors (Lipinski definition) is 2. The Hall–Kier alpha value is -3.73. The molecule has 0 fully saturated rings. The lowest BCUT2D eigenvalue weighted by molar-refractivity contribution is -0.113. The largest absolute Gasteiger partial charge is 0.462 e. The Bertz CT molecular complexity index is 1170. The molecular weight excluding hydrogens is 461 g/mol. The van der Waals surface area contributed by atoms with E-state index < -0.39 is 17.7 Å². The van der Waals surface area contributed by atoms with Gasteiger partial charge in [-0.15, -0.1) is 10.2 Å². The van der Waals surface area contributed by atoms with Crippen molar-refractivity contribution in [1.29, 1.82) is 0 Å². The van der Waals surface area contributed by atoms with E-state index in [1.807, 2.05) is 0 Å². The van der Waals surface area contributed by atoms with Gasteiger partial charge < -0.3 is 19.9 Å². The quantitative estimate of drug-likeness (QED) is 0.335. The van der Waals surface area contributed by atoms with Crippen molar-refractivity contribution in [2.24, 2.45) is 7.05 Å². The molecule has 178 valence electrons. The van der Waals surface area contributed by atoms with Gasteiger partial charge in [0.2, 0.25) is 5.91 Å². The van der Waals surface area contributed by atoms with E-state index in [4.69, 9.17) is 4.74 Å². The number of benzene rings is 2. The summed E-state index contributed by atoms with van der Waals surface area (Å²) in [4.78, 5) is 36.0. The number of nitrogens with zero attached hydrogens (tertiary/aromatic N) is 3. The van der Waals surface area contributed by atoms with Gasteiger partial charge >= 0.3 is 5.97 Å². The Morgan fingerprint density at radius 3 is 2.53 bits per heavy atom. The number of anilines is 1. The van der Waals surface area contributed by atoms with Crippen LogP contribution in [0.4, 0.5) is 10.1 Å². The average Bonchev–Trinajstić information content (AvgIpc) is 3.17. The molecule has 0 aliphatic heterocycles. The summed E-state index contributed by atoms with van der Waals surface area (Å²) in [5.74, 6) is -1.01. The zero-order valence-electron chi connectivity index (χ0n) is 18.7. The molecule has 0 saturated heterocycles. The Labute approximate surface area is 200 Å². The highest BCUT2D eigenvalue weighted by Gasteiger charge is 2.14. The van der Waals surface area contributed by atoms with Crippen molar-refractivity contribution in [3.8, 4) is 0 Å². The lowest BCUT2D eigenvalue weighted by atomic mass is 10.2. The second-order valence-corrected chi connectivity index (χ2v) is 8.02. The monoisotopic (exact) mass is 485 g/mol. The molecule has 2 amide bonds. The zero-order chi connectivity index (χ0) is 24.5.